The molecule has 3 rings (SSSR count). The molecule has 1 aromatic rings. The molecule has 0 aliphatic carbocycles. The van der Waals surface area contributed by atoms with Crippen LogP contribution in [0.3, 0.4) is 0 Å². The second-order valence-corrected chi connectivity index (χ2v) is 6.25. The Hall–Kier alpha value is -2.06. The minimum absolute atomic E-state index is 0.101. The fraction of sp³-hybridized carbons (Fsp3) is 0.529. The molecular formula is C17H20N2O3. The smallest absolute Gasteiger partial charge is 0.222 e. The van der Waals surface area contributed by atoms with Crippen LogP contribution >= 0.6 is 0 Å². The zero-order chi connectivity index (χ0) is 15.9. The molecule has 0 saturated carbocycles. The van der Waals surface area contributed by atoms with Crippen molar-refractivity contribution in [3.8, 4) is 11.8 Å². The number of hydrogen-bond acceptors (Lipinski definition) is 4. The van der Waals surface area contributed by atoms with Gasteiger partial charge in [-0.25, -0.2) is 0 Å². The van der Waals surface area contributed by atoms with Crippen molar-refractivity contribution in [2.24, 2.45) is 0 Å². The van der Waals surface area contributed by atoms with Gasteiger partial charge in [-0.1, -0.05) is 6.92 Å². The highest BCUT2D eigenvalue weighted by Gasteiger charge is 2.50. The lowest BCUT2D eigenvalue weighted by Gasteiger charge is -2.51. The largest absolute Gasteiger partial charge is 0.485 e. The maximum absolute atomic E-state index is 12.4. The SMILES string of the molecule is CCC(=O)N1CCO[C@@H]2[C@H]1c1cc(C#N)ccc1OC2(C)C. The van der Waals surface area contributed by atoms with E-state index in [-0.39, 0.29) is 18.1 Å². The highest BCUT2D eigenvalue weighted by atomic mass is 16.6. The maximum Gasteiger partial charge on any atom is 0.222 e. The molecule has 1 aromatic carbocycles. The van der Waals surface area contributed by atoms with E-state index in [2.05, 4.69) is 6.07 Å². The standard InChI is InChI=1S/C17H20N2O3/c1-4-14(20)19-7-8-21-16-15(19)12-9-11(10-18)5-6-13(12)22-17(16,2)3/h5-6,9,15-16H,4,7-8H2,1-3H3/t15-,16-/m1/s1. The van der Waals surface area contributed by atoms with Crippen LogP contribution in [0.2, 0.25) is 0 Å². The molecule has 0 aromatic heterocycles. The summed E-state index contributed by atoms with van der Waals surface area (Å²) in [6.07, 6.45) is 0.218. The van der Waals surface area contributed by atoms with Crippen LogP contribution in [0.25, 0.3) is 0 Å². The van der Waals surface area contributed by atoms with Crippen molar-refractivity contribution in [3.63, 3.8) is 0 Å². The molecule has 0 bridgehead atoms. The zero-order valence-corrected chi connectivity index (χ0v) is 13.1. The van der Waals surface area contributed by atoms with Crippen molar-refractivity contribution in [2.75, 3.05) is 13.2 Å². The summed E-state index contributed by atoms with van der Waals surface area (Å²) in [4.78, 5) is 14.2. The molecule has 0 unspecified atom stereocenters. The average molecular weight is 300 g/mol. The van der Waals surface area contributed by atoms with Crippen LogP contribution in [0.4, 0.5) is 0 Å². The number of carbonyl (C=O) groups excluding carboxylic acids is 1. The molecule has 2 aliphatic heterocycles. The van der Waals surface area contributed by atoms with Gasteiger partial charge >= 0.3 is 0 Å². The Balaban J connectivity index is 2.13. The number of nitrogens with zero attached hydrogens (tertiary/aromatic N) is 2. The van der Waals surface area contributed by atoms with Crippen molar-refractivity contribution < 1.29 is 14.3 Å². The quantitative estimate of drug-likeness (QED) is 0.799. The summed E-state index contributed by atoms with van der Waals surface area (Å²) < 4.78 is 12.0. The van der Waals surface area contributed by atoms with Crippen molar-refractivity contribution in [2.45, 2.75) is 44.9 Å². The third-order valence-electron chi connectivity index (χ3n) is 4.39. The first-order chi connectivity index (χ1) is 10.5. The summed E-state index contributed by atoms with van der Waals surface area (Å²) in [6, 6.07) is 7.32. The molecule has 1 fully saturated rings. The predicted molar refractivity (Wildman–Crippen MR) is 80.3 cm³/mol. The summed E-state index contributed by atoms with van der Waals surface area (Å²) in [5.41, 5.74) is 0.901. The van der Waals surface area contributed by atoms with Crippen LogP contribution in [-0.2, 0) is 9.53 Å². The predicted octanol–water partition coefficient (Wildman–Crippen LogP) is 2.41. The number of nitriles is 1. The number of rotatable bonds is 1. The van der Waals surface area contributed by atoms with Crippen LogP contribution < -0.4 is 4.74 Å². The Morgan fingerprint density at radius 1 is 1.50 bits per heavy atom. The lowest BCUT2D eigenvalue weighted by atomic mass is 9.83. The van der Waals surface area contributed by atoms with Gasteiger partial charge in [-0.3, -0.25) is 4.79 Å². The van der Waals surface area contributed by atoms with Gasteiger partial charge in [0.15, 0.2) is 0 Å². The molecule has 5 heteroatoms. The van der Waals surface area contributed by atoms with Crippen molar-refractivity contribution in [1.82, 2.24) is 4.90 Å². The summed E-state index contributed by atoms with van der Waals surface area (Å²) in [6.45, 7) is 6.90. The van der Waals surface area contributed by atoms with E-state index in [1.807, 2.05) is 37.8 Å². The molecule has 2 atom stereocenters. The molecular weight excluding hydrogens is 280 g/mol. The van der Waals surface area contributed by atoms with Crippen molar-refractivity contribution >= 4 is 5.91 Å². The maximum atomic E-state index is 12.4. The minimum atomic E-state index is -0.529. The fourth-order valence-electron chi connectivity index (χ4n) is 3.35. The Morgan fingerprint density at radius 2 is 2.27 bits per heavy atom. The van der Waals surface area contributed by atoms with Crippen LogP contribution in [0.1, 0.15) is 44.4 Å². The molecule has 1 saturated heterocycles. The Labute approximate surface area is 130 Å². The van der Waals surface area contributed by atoms with Crippen LogP contribution in [0, 0.1) is 11.3 Å². The lowest BCUT2D eigenvalue weighted by Crippen LogP contribution is -2.59. The van der Waals surface area contributed by atoms with Gasteiger partial charge in [0.25, 0.3) is 0 Å². The molecule has 22 heavy (non-hydrogen) atoms. The van der Waals surface area contributed by atoms with Gasteiger partial charge in [0.2, 0.25) is 5.91 Å². The second kappa shape index (κ2) is 5.29. The highest BCUT2D eigenvalue weighted by molar-refractivity contribution is 5.77. The van der Waals surface area contributed by atoms with Crippen LogP contribution in [0.15, 0.2) is 18.2 Å². The van der Waals surface area contributed by atoms with Crippen LogP contribution in [0.5, 0.6) is 5.75 Å². The first-order valence-electron chi connectivity index (χ1n) is 7.62. The molecule has 0 spiro atoms. The van der Waals surface area contributed by atoms with Gasteiger partial charge in [0, 0.05) is 18.5 Å². The first-order valence-corrected chi connectivity index (χ1v) is 7.62. The van der Waals surface area contributed by atoms with Crippen LogP contribution in [-0.4, -0.2) is 35.7 Å². The van der Waals surface area contributed by atoms with Crippen molar-refractivity contribution in [1.29, 1.82) is 5.26 Å². The number of amides is 1. The van der Waals surface area contributed by atoms with E-state index >= 15 is 0 Å². The summed E-state index contributed by atoms with van der Waals surface area (Å²) >= 11 is 0. The molecule has 0 radical (unpaired) electrons. The summed E-state index contributed by atoms with van der Waals surface area (Å²) in [7, 11) is 0. The average Bonchev–Trinajstić information content (AvgIpc) is 2.53. The zero-order valence-electron chi connectivity index (χ0n) is 13.1. The molecule has 0 N–H and O–H groups in total. The van der Waals surface area contributed by atoms with E-state index in [1.165, 1.54) is 0 Å². The third kappa shape index (κ3) is 2.24. The number of fused-ring (bicyclic) bond motifs is 3. The monoisotopic (exact) mass is 300 g/mol. The Bertz CT molecular complexity index is 648. The van der Waals surface area contributed by atoms with E-state index in [9.17, 15) is 4.79 Å². The Morgan fingerprint density at radius 3 is 2.95 bits per heavy atom. The van der Waals surface area contributed by atoms with Gasteiger partial charge in [0.05, 0.1) is 24.3 Å². The van der Waals surface area contributed by atoms with E-state index in [0.29, 0.717) is 25.1 Å². The van der Waals surface area contributed by atoms with Gasteiger partial charge in [-0.15, -0.1) is 0 Å². The third-order valence-corrected chi connectivity index (χ3v) is 4.39. The number of benzene rings is 1. The molecule has 2 aliphatic rings. The highest BCUT2D eigenvalue weighted by Crippen LogP contribution is 2.46. The Kier molecular flexibility index (Phi) is 3.57. The lowest BCUT2D eigenvalue weighted by molar-refractivity contribution is -0.174. The number of hydrogen-bond donors (Lipinski definition) is 0. The number of morpholine rings is 1. The summed E-state index contributed by atoms with van der Waals surface area (Å²) in [5, 5.41) is 9.16. The number of ether oxygens (including phenoxy) is 2. The van der Waals surface area contributed by atoms with E-state index in [4.69, 9.17) is 14.7 Å². The van der Waals surface area contributed by atoms with E-state index in [0.717, 1.165) is 11.3 Å². The molecule has 116 valence electrons. The van der Waals surface area contributed by atoms with E-state index < -0.39 is 5.60 Å². The normalized spacial score (nSPS) is 25.5. The van der Waals surface area contributed by atoms with Crippen molar-refractivity contribution in [3.05, 3.63) is 29.3 Å². The minimum Gasteiger partial charge on any atom is -0.485 e. The fourth-order valence-corrected chi connectivity index (χ4v) is 3.35. The molecule has 5 nitrogen and oxygen atoms in total. The topological polar surface area (TPSA) is 62.6 Å². The molecule has 2 heterocycles. The van der Waals surface area contributed by atoms with Gasteiger partial charge in [0.1, 0.15) is 17.5 Å². The van der Waals surface area contributed by atoms with Gasteiger partial charge in [-0.05, 0) is 32.0 Å². The van der Waals surface area contributed by atoms with E-state index in [1.54, 1.807) is 6.07 Å². The first kappa shape index (κ1) is 14.9. The number of carbonyl (C=O) groups is 1. The van der Waals surface area contributed by atoms with Gasteiger partial charge in [-0.2, -0.15) is 5.26 Å². The summed E-state index contributed by atoms with van der Waals surface area (Å²) in [5.74, 6) is 0.828. The second-order valence-electron chi connectivity index (χ2n) is 6.25. The molecule has 1 amide bonds. The van der Waals surface area contributed by atoms with Gasteiger partial charge < -0.3 is 14.4 Å².